The first kappa shape index (κ1) is 11.9. The van der Waals surface area contributed by atoms with Crippen molar-refractivity contribution in [1.82, 2.24) is 0 Å². The molecule has 0 spiro atoms. The van der Waals surface area contributed by atoms with Crippen molar-refractivity contribution in [2.24, 2.45) is 5.73 Å². The van der Waals surface area contributed by atoms with Gasteiger partial charge in [-0.25, -0.2) is 4.39 Å². The second-order valence-corrected chi connectivity index (χ2v) is 5.60. The zero-order valence-electron chi connectivity index (χ0n) is 9.42. The van der Waals surface area contributed by atoms with Crippen molar-refractivity contribution in [3.8, 4) is 0 Å². The summed E-state index contributed by atoms with van der Waals surface area (Å²) in [6, 6.07) is 5.53. The second-order valence-electron chi connectivity index (χ2n) is 4.31. The molecule has 0 radical (unpaired) electrons. The van der Waals surface area contributed by atoms with Crippen molar-refractivity contribution in [1.29, 1.82) is 0 Å². The van der Waals surface area contributed by atoms with Gasteiger partial charge in [-0.3, -0.25) is 0 Å². The molecule has 1 aliphatic carbocycles. The van der Waals surface area contributed by atoms with Crippen molar-refractivity contribution < 1.29 is 4.39 Å². The van der Waals surface area contributed by atoms with Crippen LogP contribution in [0.2, 0.25) is 0 Å². The van der Waals surface area contributed by atoms with Crippen molar-refractivity contribution in [3.63, 3.8) is 0 Å². The standard InChI is InChI=1S/C13H18FNS/c14-13-10(8-15)4-3-5-11(13)9-16-12-6-1-2-7-12/h3-5,12H,1-2,6-9,15H2. The van der Waals surface area contributed by atoms with E-state index in [2.05, 4.69) is 0 Å². The lowest BCUT2D eigenvalue weighted by molar-refractivity contribution is 0.600. The largest absolute Gasteiger partial charge is 0.326 e. The fraction of sp³-hybridized carbons (Fsp3) is 0.538. The maximum absolute atomic E-state index is 13.9. The molecule has 1 aromatic carbocycles. The fourth-order valence-corrected chi connectivity index (χ4v) is 3.47. The quantitative estimate of drug-likeness (QED) is 0.870. The zero-order chi connectivity index (χ0) is 11.4. The Morgan fingerprint density at radius 2 is 1.94 bits per heavy atom. The Morgan fingerprint density at radius 3 is 2.62 bits per heavy atom. The molecule has 0 unspecified atom stereocenters. The number of halogens is 1. The molecule has 0 bridgehead atoms. The molecular weight excluding hydrogens is 221 g/mol. The first-order chi connectivity index (χ1) is 7.81. The SMILES string of the molecule is NCc1cccc(CSC2CCCC2)c1F. The fourth-order valence-electron chi connectivity index (χ4n) is 2.16. The molecule has 0 aliphatic heterocycles. The highest BCUT2D eigenvalue weighted by molar-refractivity contribution is 7.99. The molecule has 1 fully saturated rings. The number of hydrogen-bond acceptors (Lipinski definition) is 2. The summed E-state index contributed by atoms with van der Waals surface area (Å²) in [6.07, 6.45) is 5.26. The van der Waals surface area contributed by atoms with Gasteiger partial charge in [0.1, 0.15) is 5.82 Å². The van der Waals surface area contributed by atoms with Crippen LogP contribution in [0.4, 0.5) is 4.39 Å². The molecule has 88 valence electrons. The van der Waals surface area contributed by atoms with Crippen molar-refractivity contribution in [3.05, 3.63) is 35.1 Å². The third-order valence-corrected chi connectivity index (χ3v) is 4.58. The van der Waals surface area contributed by atoms with E-state index in [0.717, 1.165) is 16.6 Å². The topological polar surface area (TPSA) is 26.0 Å². The van der Waals surface area contributed by atoms with Crippen LogP contribution >= 0.6 is 11.8 Å². The summed E-state index contributed by atoms with van der Waals surface area (Å²) < 4.78 is 13.9. The van der Waals surface area contributed by atoms with E-state index in [1.54, 1.807) is 6.07 Å². The van der Waals surface area contributed by atoms with Crippen LogP contribution in [-0.4, -0.2) is 5.25 Å². The highest BCUT2D eigenvalue weighted by Crippen LogP contribution is 2.32. The molecule has 0 saturated heterocycles. The van der Waals surface area contributed by atoms with Gasteiger partial charge in [-0.2, -0.15) is 11.8 Å². The van der Waals surface area contributed by atoms with Gasteiger partial charge in [0.15, 0.2) is 0 Å². The van der Waals surface area contributed by atoms with Gasteiger partial charge in [-0.15, -0.1) is 0 Å². The van der Waals surface area contributed by atoms with E-state index >= 15 is 0 Å². The lowest BCUT2D eigenvalue weighted by Crippen LogP contribution is -2.03. The number of benzene rings is 1. The normalized spacial score (nSPS) is 16.9. The minimum Gasteiger partial charge on any atom is -0.326 e. The monoisotopic (exact) mass is 239 g/mol. The van der Waals surface area contributed by atoms with Gasteiger partial charge < -0.3 is 5.73 Å². The lowest BCUT2D eigenvalue weighted by Gasteiger charge is -2.10. The molecule has 1 nitrogen and oxygen atoms in total. The van der Waals surface area contributed by atoms with E-state index in [-0.39, 0.29) is 12.4 Å². The van der Waals surface area contributed by atoms with E-state index in [1.807, 2.05) is 23.9 Å². The third kappa shape index (κ3) is 2.77. The summed E-state index contributed by atoms with van der Waals surface area (Å²) in [5, 5.41) is 0.737. The predicted molar refractivity (Wildman–Crippen MR) is 67.8 cm³/mol. The van der Waals surface area contributed by atoms with Crippen LogP contribution in [0, 0.1) is 5.82 Å². The molecule has 16 heavy (non-hydrogen) atoms. The van der Waals surface area contributed by atoms with Crippen molar-refractivity contribution in [2.75, 3.05) is 0 Å². The van der Waals surface area contributed by atoms with Gasteiger partial charge in [0.05, 0.1) is 0 Å². The Balaban J connectivity index is 1.97. The number of thioether (sulfide) groups is 1. The summed E-state index contributed by atoms with van der Waals surface area (Å²) in [4.78, 5) is 0. The Labute approximate surface area is 101 Å². The van der Waals surface area contributed by atoms with Gasteiger partial charge in [-0.1, -0.05) is 31.0 Å². The number of hydrogen-bond donors (Lipinski definition) is 1. The summed E-state index contributed by atoms with van der Waals surface area (Å²) >= 11 is 1.89. The van der Waals surface area contributed by atoms with Crippen LogP contribution in [0.5, 0.6) is 0 Å². The molecule has 3 heteroatoms. The van der Waals surface area contributed by atoms with Crippen LogP contribution in [0.15, 0.2) is 18.2 Å². The van der Waals surface area contributed by atoms with Gasteiger partial charge in [0.25, 0.3) is 0 Å². The predicted octanol–water partition coefficient (Wildman–Crippen LogP) is 3.46. The summed E-state index contributed by atoms with van der Waals surface area (Å²) in [5.74, 6) is 0.681. The van der Waals surface area contributed by atoms with Gasteiger partial charge in [-0.05, 0) is 18.4 Å². The van der Waals surface area contributed by atoms with Crippen molar-refractivity contribution >= 4 is 11.8 Å². The van der Waals surface area contributed by atoms with Gasteiger partial charge >= 0.3 is 0 Å². The van der Waals surface area contributed by atoms with E-state index in [4.69, 9.17) is 5.73 Å². The average Bonchev–Trinajstić information content (AvgIpc) is 2.81. The minimum absolute atomic E-state index is 0.101. The summed E-state index contributed by atoms with van der Waals surface area (Å²) in [7, 11) is 0. The van der Waals surface area contributed by atoms with Crippen LogP contribution in [0.25, 0.3) is 0 Å². The highest BCUT2D eigenvalue weighted by atomic mass is 32.2. The molecule has 2 rings (SSSR count). The van der Waals surface area contributed by atoms with E-state index < -0.39 is 0 Å². The second kappa shape index (κ2) is 5.69. The first-order valence-corrected chi connectivity index (χ1v) is 6.94. The Morgan fingerprint density at radius 1 is 1.25 bits per heavy atom. The molecule has 0 heterocycles. The number of nitrogens with two attached hydrogens (primary N) is 1. The maximum Gasteiger partial charge on any atom is 0.131 e. The highest BCUT2D eigenvalue weighted by Gasteiger charge is 2.16. The third-order valence-electron chi connectivity index (χ3n) is 3.16. The van der Waals surface area contributed by atoms with Crippen LogP contribution in [-0.2, 0) is 12.3 Å². The first-order valence-electron chi connectivity index (χ1n) is 5.89. The molecule has 0 atom stereocenters. The van der Waals surface area contributed by atoms with Gasteiger partial charge in [0.2, 0.25) is 0 Å². The smallest absolute Gasteiger partial charge is 0.131 e. The van der Waals surface area contributed by atoms with Crippen molar-refractivity contribution in [2.45, 2.75) is 43.2 Å². The Kier molecular flexibility index (Phi) is 4.24. The van der Waals surface area contributed by atoms with Crippen LogP contribution < -0.4 is 5.73 Å². The minimum atomic E-state index is -0.101. The lowest BCUT2D eigenvalue weighted by atomic mass is 10.1. The molecule has 1 aromatic rings. The summed E-state index contributed by atoms with van der Waals surface area (Å²) in [5.41, 5.74) is 6.93. The van der Waals surface area contributed by atoms with E-state index in [1.165, 1.54) is 25.7 Å². The molecule has 0 aromatic heterocycles. The van der Waals surface area contributed by atoms with Crippen LogP contribution in [0.3, 0.4) is 0 Å². The Bertz CT molecular complexity index is 348. The van der Waals surface area contributed by atoms with E-state index in [9.17, 15) is 4.39 Å². The molecule has 1 aliphatic rings. The average molecular weight is 239 g/mol. The van der Waals surface area contributed by atoms with E-state index in [0.29, 0.717) is 5.56 Å². The molecule has 2 N–H and O–H groups in total. The zero-order valence-corrected chi connectivity index (χ0v) is 10.2. The summed E-state index contributed by atoms with van der Waals surface area (Å²) in [6.45, 7) is 0.285. The maximum atomic E-state index is 13.9. The molecule has 0 amide bonds. The van der Waals surface area contributed by atoms with Crippen LogP contribution in [0.1, 0.15) is 36.8 Å². The van der Waals surface area contributed by atoms with Gasteiger partial charge in [0, 0.05) is 23.1 Å². The molecule has 1 saturated carbocycles. The Hall–Kier alpha value is -0.540. The number of rotatable bonds is 4. The molecular formula is C13H18FNS.